The van der Waals surface area contributed by atoms with Crippen LogP contribution in [0.2, 0.25) is 0 Å². The Morgan fingerprint density at radius 1 is 0.789 bits per heavy atom. The minimum Gasteiger partial charge on any atom is -0.469 e. The van der Waals surface area contributed by atoms with Crippen molar-refractivity contribution in [2.45, 2.75) is 90.4 Å². The molecular formula is C17H32O2. The van der Waals surface area contributed by atoms with Crippen LogP contribution in [0.25, 0.3) is 0 Å². The van der Waals surface area contributed by atoms with Gasteiger partial charge < -0.3 is 4.74 Å². The lowest BCUT2D eigenvalue weighted by Gasteiger charge is -2.02. The van der Waals surface area contributed by atoms with Crippen molar-refractivity contribution in [3.8, 4) is 0 Å². The van der Waals surface area contributed by atoms with Crippen LogP contribution in [0.3, 0.4) is 0 Å². The predicted octanol–water partition coefficient (Wildman–Crippen LogP) is 5.33. The van der Waals surface area contributed by atoms with Gasteiger partial charge in [-0.1, -0.05) is 84.0 Å². The molecule has 2 nitrogen and oxygen atoms in total. The van der Waals surface area contributed by atoms with E-state index in [0.717, 1.165) is 12.8 Å². The normalized spacial score (nSPS) is 10.6. The minimum absolute atomic E-state index is 0.317. The van der Waals surface area contributed by atoms with Crippen molar-refractivity contribution in [2.75, 3.05) is 7.11 Å². The number of esters is 1. The van der Waals surface area contributed by atoms with Crippen molar-refractivity contribution in [2.24, 2.45) is 0 Å². The summed E-state index contributed by atoms with van der Waals surface area (Å²) in [5.41, 5.74) is 0. The molecule has 0 aliphatic heterocycles. The van der Waals surface area contributed by atoms with Gasteiger partial charge in [-0.3, -0.25) is 4.79 Å². The van der Waals surface area contributed by atoms with Crippen LogP contribution >= 0.6 is 0 Å². The number of unbranched alkanes of at least 4 members (excludes halogenated alkanes) is 12. The summed E-state index contributed by atoms with van der Waals surface area (Å²) in [4.78, 5) is 10.8. The van der Waals surface area contributed by atoms with Crippen molar-refractivity contribution in [1.82, 2.24) is 0 Å². The molecular weight excluding hydrogens is 236 g/mol. The molecule has 0 bridgehead atoms. The summed E-state index contributed by atoms with van der Waals surface area (Å²) in [6.45, 7) is 2.26. The Morgan fingerprint density at radius 3 is 1.63 bits per heavy atom. The van der Waals surface area contributed by atoms with Crippen molar-refractivity contribution < 1.29 is 9.53 Å². The maximum Gasteiger partial charge on any atom is 0.314 e. The van der Waals surface area contributed by atoms with Crippen LogP contribution in [0.5, 0.6) is 0 Å². The fourth-order valence-electron chi connectivity index (χ4n) is 2.23. The van der Waals surface area contributed by atoms with Gasteiger partial charge in [0.15, 0.2) is 0 Å². The van der Waals surface area contributed by atoms with Crippen LogP contribution in [0.15, 0.2) is 0 Å². The van der Waals surface area contributed by atoms with Crippen molar-refractivity contribution in [1.29, 1.82) is 0 Å². The molecule has 0 aromatic rings. The van der Waals surface area contributed by atoms with Gasteiger partial charge in [0.2, 0.25) is 0 Å². The first-order valence-electron chi connectivity index (χ1n) is 8.13. The van der Waals surface area contributed by atoms with E-state index in [-0.39, 0.29) is 5.97 Å². The van der Waals surface area contributed by atoms with Crippen molar-refractivity contribution in [3.05, 3.63) is 6.42 Å². The van der Waals surface area contributed by atoms with Gasteiger partial charge in [-0.2, -0.15) is 0 Å². The van der Waals surface area contributed by atoms with Crippen LogP contribution in [-0.2, 0) is 9.53 Å². The molecule has 0 saturated carbocycles. The Kier molecular flexibility index (Phi) is 15.1. The van der Waals surface area contributed by atoms with Gasteiger partial charge in [0.25, 0.3) is 0 Å². The maximum atomic E-state index is 10.8. The lowest BCUT2D eigenvalue weighted by atomic mass is 10.0. The SMILES string of the molecule is CCCCCCCCCCCCCC[C]C(=O)OC. The predicted molar refractivity (Wildman–Crippen MR) is 81.0 cm³/mol. The number of rotatable bonds is 14. The second-order valence-electron chi connectivity index (χ2n) is 5.31. The Bertz CT molecular complexity index is 190. The van der Waals surface area contributed by atoms with E-state index in [4.69, 9.17) is 0 Å². The van der Waals surface area contributed by atoms with E-state index >= 15 is 0 Å². The molecule has 0 aliphatic rings. The summed E-state index contributed by atoms with van der Waals surface area (Å²) in [6.07, 6.45) is 19.5. The molecule has 0 unspecified atom stereocenters. The first-order chi connectivity index (χ1) is 9.31. The van der Waals surface area contributed by atoms with E-state index in [0.29, 0.717) is 0 Å². The maximum absolute atomic E-state index is 10.8. The third kappa shape index (κ3) is 15.4. The number of hydrogen-bond acceptors (Lipinski definition) is 2. The topological polar surface area (TPSA) is 26.3 Å². The molecule has 112 valence electrons. The molecule has 2 heteroatoms. The monoisotopic (exact) mass is 268 g/mol. The highest BCUT2D eigenvalue weighted by atomic mass is 16.5. The molecule has 0 aromatic heterocycles. The summed E-state index contributed by atoms with van der Waals surface area (Å²) in [6, 6.07) is 0. The van der Waals surface area contributed by atoms with Crippen molar-refractivity contribution >= 4 is 5.97 Å². The molecule has 19 heavy (non-hydrogen) atoms. The highest BCUT2D eigenvalue weighted by Gasteiger charge is 2.00. The van der Waals surface area contributed by atoms with Crippen molar-refractivity contribution in [3.63, 3.8) is 0 Å². The fraction of sp³-hybridized carbons (Fsp3) is 0.882. The third-order valence-corrected chi connectivity index (χ3v) is 3.49. The minimum atomic E-state index is -0.317. The summed E-state index contributed by atoms with van der Waals surface area (Å²) in [5.74, 6) is -0.317. The lowest BCUT2D eigenvalue weighted by molar-refractivity contribution is -0.136. The molecule has 0 N–H and O–H groups in total. The van der Waals surface area contributed by atoms with Crippen LogP contribution in [0.4, 0.5) is 0 Å². The Balaban J connectivity index is 2.97. The largest absolute Gasteiger partial charge is 0.469 e. The second kappa shape index (κ2) is 15.5. The Labute approximate surface area is 120 Å². The summed E-state index contributed by atoms with van der Waals surface area (Å²) >= 11 is 0. The number of carbonyl (C=O) groups excluding carboxylic acids is 1. The summed E-state index contributed by atoms with van der Waals surface area (Å²) in [5, 5.41) is 0. The molecule has 0 atom stereocenters. The second-order valence-corrected chi connectivity index (χ2v) is 5.31. The molecule has 0 spiro atoms. The molecule has 0 heterocycles. The zero-order chi connectivity index (χ0) is 14.2. The van der Waals surface area contributed by atoms with E-state index in [1.165, 1.54) is 77.7 Å². The van der Waals surface area contributed by atoms with Crippen LogP contribution in [0, 0.1) is 6.42 Å². The molecule has 0 rings (SSSR count). The van der Waals surface area contributed by atoms with E-state index in [2.05, 4.69) is 18.1 Å². The molecule has 0 aliphatic carbocycles. The summed E-state index contributed by atoms with van der Waals surface area (Å²) < 4.78 is 4.51. The van der Waals surface area contributed by atoms with E-state index in [1.807, 2.05) is 0 Å². The third-order valence-electron chi connectivity index (χ3n) is 3.49. The molecule has 2 radical (unpaired) electrons. The zero-order valence-corrected chi connectivity index (χ0v) is 13.0. The number of carbonyl (C=O) groups is 1. The molecule has 0 amide bonds. The van der Waals surface area contributed by atoms with E-state index in [1.54, 1.807) is 0 Å². The quantitative estimate of drug-likeness (QED) is 0.314. The number of hydrogen-bond donors (Lipinski definition) is 0. The Morgan fingerprint density at radius 2 is 1.21 bits per heavy atom. The molecule has 0 saturated heterocycles. The first kappa shape index (κ1) is 18.5. The molecule has 0 aromatic carbocycles. The van der Waals surface area contributed by atoms with Gasteiger partial charge in [-0.05, 0) is 6.42 Å². The van der Waals surface area contributed by atoms with E-state index < -0.39 is 0 Å². The van der Waals surface area contributed by atoms with Gasteiger partial charge >= 0.3 is 5.97 Å². The van der Waals surface area contributed by atoms with Gasteiger partial charge in [0, 0.05) is 0 Å². The van der Waals surface area contributed by atoms with Gasteiger partial charge in [-0.25, -0.2) is 0 Å². The lowest BCUT2D eigenvalue weighted by Crippen LogP contribution is -2.00. The average Bonchev–Trinajstić information content (AvgIpc) is 2.43. The van der Waals surface area contributed by atoms with Crippen LogP contribution in [0.1, 0.15) is 90.4 Å². The highest BCUT2D eigenvalue weighted by molar-refractivity contribution is 5.78. The van der Waals surface area contributed by atoms with Gasteiger partial charge in [0.1, 0.15) is 6.42 Å². The smallest absolute Gasteiger partial charge is 0.314 e. The number of ether oxygens (including phenoxy) is 1. The first-order valence-corrected chi connectivity index (χ1v) is 8.13. The summed E-state index contributed by atoms with van der Waals surface area (Å²) in [7, 11) is 1.40. The Hall–Kier alpha value is -0.530. The van der Waals surface area contributed by atoms with Crippen LogP contribution < -0.4 is 0 Å². The number of methoxy groups -OCH3 is 1. The zero-order valence-electron chi connectivity index (χ0n) is 13.0. The standard InChI is InChI=1S/C17H32O2/c1-3-4-5-6-7-8-9-10-11-12-13-14-15-16-17(18)19-2/h3-15H2,1-2H3. The van der Waals surface area contributed by atoms with Gasteiger partial charge in [-0.15, -0.1) is 0 Å². The molecule has 0 fully saturated rings. The average molecular weight is 268 g/mol. The van der Waals surface area contributed by atoms with Gasteiger partial charge in [0.05, 0.1) is 7.11 Å². The highest BCUT2D eigenvalue weighted by Crippen LogP contribution is 2.12. The van der Waals surface area contributed by atoms with E-state index in [9.17, 15) is 4.79 Å². The fourth-order valence-corrected chi connectivity index (χ4v) is 2.23. The van der Waals surface area contributed by atoms with Crippen LogP contribution in [-0.4, -0.2) is 13.1 Å².